The second kappa shape index (κ2) is 7.33. The van der Waals surface area contributed by atoms with E-state index in [1.165, 1.54) is 28.4 Å². The minimum absolute atomic E-state index is 0.0528. The molecule has 32 heavy (non-hydrogen) atoms. The standard InChI is InChI=1S/C24H22N6O2/c31-30(32)22-23(27-17-11-15-5-1-2-6-16(15)12-17)25-14-26-24(22)29-10-9-19-18-7-3-4-8-20(18)28-21(19)13-29/h1-8,14,17,28H,9-13H2,(H,25,26,27). The van der Waals surface area contributed by atoms with Crippen molar-refractivity contribution >= 4 is 28.2 Å². The van der Waals surface area contributed by atoms with E-state index in [2.05, 4.69) is 44.5 Å². The Morgan fingerprint density at radius 2 is 1.81 bits per heavy atom. The molecule has 1 aliphatic heterocycles. The van der Waals surface area contributed by atoms with Gasteiger partial charge in [-0.05, 0) is 42.0 Å². The van der Waals surface area contributed by atoms with Crippen molar-refractivity contribution < 1.29 is 4.92 Å². The molecule has 0 amide bonds. The number of hydrogen-bond acceptors (Lipinski definition) is 6. The molecule has 0 bridgehead atoms. The zero-order valence-electron chi connectivity index (χ0n) is 17.4. The first-order valence-corrected chi connectivity index (χ1v) is 10.8. The Kier molecular flexibility index (Phi) is 4.31. The number of rotatable bonds is 4. The van der Waals surface area contributed by atoms with Crippen LogP contribution in [0.5, 0.6) is 0 Å². The molecule has 0 saturated carbocycles. The minimum atomic E-state index is -0.361. The van der Waals surface area contributed by atoms with Gasteiger partial charge in [-0.25, -0.2) is 9.97 Å². The number of nitro groups is 1. The number of benzene rings is 2. The van der Waals surface area contributed by atoms with Crippen molar-refractivity contribution in [3.05, 3.63) is 87.4 Å². The molecule has 0 atom stereocenters. The van der Waals surface area contributed by atoms with Gasteiger partial charge in [-0.2, -0.15) is 0 Å². The fraction of sp³-hybridized carbons (Fsp3) is 0.250. The molecule has 0 fully saturated rings. The molecule has 3 heterocycles. The van der Waals surface area contributed by atoms with E-state index >= 15 is 0 Å². The third kappa shape index (κ3) is 3.07. The molecule has 0 unspecified atom stereocenters. The van der Waals surface area contributed by atoms with Crippen LogP contribution >= 0.6 is 0 Å². The lowest BCUT2D eigenvalue weighted by Crippen LogP contribution is -2.32. The first-order valence-electron chi connectivity index (χ1n) is 10.8. The van der Waals surface area contributed by atoms with Crippen molar-refractivity contribution in [2.24, 2.45) is 0 Å². The third-order valence-electron chi connectivity index (χ3n) is 6.56. The van der Waals surface area contributed by atoms with Gasteiger partial charge < -0.3 is 15.2 Å². The molecule has 0 saturated heterocycles. The summed E-state index contributed by atoms with van der Waals surface area (Å²) in [4.78, 5) is 25.8. The van der Waals surface area contributed by atoms with Crippen molar-refractivity contribution in [1.82, 2.24) is 15.0 Å². The molecule has 2 aliphatic rings. The number of nitrogens with zero attached hydrogens (tertiary/aromatic N) is 4. The van der Waals surface area contributed by atoms with Gasteiger partial charge in [0.2, 0.25) is 11.6 Å². The van der Waals surface area contributed by atoms with Gasteiger partial charge in [0, 0.05) is 29.2 Å². The average Bonchev–Trinajstić information content (AvgIpc) is 3.38. The van der Waals surface area contributed by atoms with Crippen molar-refractivity contribution in [2.45, 2.75) is 31.8 Å². The topological polar surface area (TPSA) is 100.0 Å². The first-order chi connectivity index (χ1) is 15.7. The summed E-state index contributed by atoms with van der Waals surface area (Å²) >= 11 is 0. The molecule has 1 aliphatic carbocycles. The highest BCUT2D eigenvalue weighted by Gasteiger charge is 2.32. The molecule has 2 aromatic heterocycles. The second-order valence-corrected chi connectivity index (χ2v) is 8.47. The van der Waals surface area contributed by atoms with Crippen LogP contribution in [0.4, 0.5) is 17.3 Å². The predicted octanol–water partition coefficient (Wildman–Crippen LogP) is 4.01. The summed E-state index contributed by atoms with van der Waals surface area (Å²) in [7, 11) is 0. The summed E-state index contributed by atoms with van der Waals surface area (Å²) in [5, 5.41) is 16.7. The number of fused-ring (bicyclic) bond motifs is 4. The molecule has 4 aromatic rings. The van der Waals surface area contributed by atoms with Gasteiger partial charge in [0.05, 0.1) is 11.5 Å². The van der Waals surface area contributed by atoms with Crippen LogP contribution in [0.2, 0.25) is 0 Å². The molecule has 2 N–H and O–H groups in total. The third-order valence-corrected chi connectivity index (χ3v) is 6.56. The van der Waals surface area contributed by atoms with Crippen LogP contribution in [0.1, 0.15) is 22.4 Å². The fourth-order valence-corrected chi connectivity index (χ4v) is 5.10. The van der Waals surface area contributed by atoms with E-state index in [1.807, 2.05) is 29.2 Å². The Bertz CT molecular complexity index is 1320. The molecular formula is C24H22N6O2. The number of anilines is 2. The molecular weight excluding hydrogens is 404 g/mol. The van der Waals surface area contributed by atoms with Crippen LogP contribution in [0, 0.1) is 10.1 Å². The van der Waals surface area contributed by atoms with Gasteiger partial charge in [-0.1, -0.05) is 42.5 Å². The fourth-order valence-electron chi connectivity index (χ4n) is 5.10. The molecule has 8 heteroatoms. The Balaban J connectivity index is 1.31. The summed E-state index contributed by atoms with van der Waals surface area (Å²) in [6.07, 6.45) is 3.89. The van der Waals surface area contributed by atoms with Crippen molar-refractivity contribution in [2.75, 3.05) is 16.8 Å². The van der Waals surface area contributed by atoms with Gasteiger partial charge in [0.1, 0.15) is 6.33 Å². The summed E-state index contributed by atoms with van der Waals surface area (Å²) < 4.78 is 0. The quantitative estimate of drug-likeness (QED) is 0.378. The van der Waals surface area contributed by atoms with E-state index in [4.69, 9.17) is 0 Å². The molecule has 0 spiro atoms. The van der Waals surface area contributed by atoms with Crippen LogP contribution in [0.3, 0.4) is 0 Å². The highest BCUT2D eigenvalue weighted by Crippen LogP contribution is 2.37. The van der Waals surface area contributed by atoms with Crippen LogP contribution in [0.25, 0.3) is 10.9 Å². The largest absolute Gasteiger partial charge is 0.361 e. The maximum absolute atomic E-state index is 12.1. The van der Waals surface area contributed by atoms with Gasteiger partial charge >= 0.3 is 5.69 Å². The van der Waals surface area contributed by atoms with Gasteiger partial charge in [0.25, 0.3) is 0 Å². The van der Waals surface area contributed by atoms with Gasteiger partial charge in [-0.3, -0.25) is 10.1 Å². The van der Waals surface area contributed by atoms with Crippen molar-refractivity contribution in [1.29, 1.82) is 0 Å². The summed E-state index contributed by atoms with van der Waals surface area (Å²) in [5.74, 6) is 0.660. The maximum atomic E-state index is 12.1. The average molecular weight is 426 g/mol. The zero-order valence-corrected chi connectivity index (χ0v) is 17.4. The molecule has 160 valence electrons. The molecule has 2 aromatic carbocycles. The highest BCUT2D eigenvalue weighted by atomic mass is 16.6. The van der Waals surface area contributed by atoms with Crippen LogP contribution in [-0.4, -0.2) is 32.5 Å². The minimum Gasteiger partial charge on any atom is -0.361 e. The van der Waals surface area contributed by atoms with Gasteiger partial charge in [-0.15, -0.1) is 0 Å². The number of nitrogens with one attached hydrogen (secondary N) is 2. The van der Waals surface area contributed by atoms with E-state index in [0.29, 0.717) is 24.7 Å². The lowest BCUT2D eigenvalue weighted by molar-refractivity contribution is -0.383. The van der Waals surface area contributed by atoms with E-state index < -0.39 is 0 Å². The number of aromatic nitrogens is 3. The number of para-hydroxylation sites is 1. The van der Waals surface area contributed by atoms with Crippen molar-refractivity contribution in [3.8, 4) is 0 Å². The van der Waals surface area contributed by atoms with E-state index in [1.54, 1.807) is 0 Å². The Morgan fingerprint density at radius 3 is 2.59 bits per heavy atom. The Hall–Kier alpha value is -3.94. The number of hydrogen-bond donors (Lipinski definition) is 2. The first kappa shape index (κ1) is 18.8. The predicted molar refractivity (Wildman–Crippen MR) is 123 cm³/mol. The van der Waals surface area contributed by atoms with Crippen LogP contribution in [-0.2, 0) is 25.8 Å². The van der Waals surface area contributed by atoms with Crippen molar-refractivity contribution in [3.63, 3.8) is 0 Å². The Labute approximate surface area is 184 Å². The number of H-pyrrole nitrogens is 1. The van der Waals surface area contributed by atoms with E-state index in [9.17, 15) is 10.1 Å². The summed E-state index contributed by atoms with van der Waals surface area (Å²) in [6, 6.07) is 16.6. The summed E-state index contributed by atoms with van der Waals surface area (Å²) in [6.45, 7) is 1.22. The van der Waals surface area contributed by atoms with Crippen LogP contribution in [0.15, 0.2) is 54.9 Å². The summed E-state index contributed by atoms with van der Waals surface area (Å²) in [5.41, 5.74) is 5.98. The lowest BCUT2D eigenvalue weighted by Gasteiger charge is -2.28. The highest BCUT2D eigenvalue weighted by molar-refractivity contribution is 5.85. The lowest BCUT2D eigenvalue weighted by atomic mass is 10.0. The molecule has 8 nitrogen and oxygen atoms in total. The van der Waals surface area contributed by atoms with Gasteiger partial charge in [0.15, 0.2) is 0 Å². The Morgan fingerprint density at radius 1 is 1.06 bits per heavy atom. The monoisotopic (exact) mass is 426 g/mol. The number of aromatic amines is 1. The second-order valence-electron chi connectivity index (χ2n) is 8.47. The SMILES string of the molecule is O=[N+]([O-])c1c(NC2Cc3ccccc3C2)ncnc1N1CCc2c([nH]c3ccccc23)C1. The smallest absolute Gasteiger partial charge is 0.353 e. The normalized spacial score (nSPS) is 15.6. The van der Waals surface area contributed by atoms with Crippen LogP contribution < -0.4 is 10.2 Å². The molecule has 0 radical (unpaired) electrons. The van der Waals surface area contributed by atoms with E-state index in [-0.39, 0.29) is 16.7 Å². The maximum Gasteiger partial charge on any atom is 0.353 e. The zero-order chi connectivity index (χ0) is 21.7. The molecule has 6 rings (SSSR count). The van der Waals surface area contributed by atoms with E-state index in [0.717, 1.165) is 30.5 Å².